The molecule has 2 amide bonds. The molecule has 0 bridgehead atoms. The fraction of sp³-hybridized carbons (Fsp3) is 0.200. The molecule has 3 N–H and O–H groups in total. The number of aromatic nitrogens is 4. The highest BCUT2D eigenvalue weighted by Gasteiger charge is 2.17. The lowest BCUT2D eigenvalue weighted by molar-refractivity contribution is 0.252. The molecule has 0 saturated heterocycles. The Balaban J connectivity index is 1.60. The van der Waals surface area contributed by atoms with E-state index in [4.69, 9.17) is 0 Å². The van der Waals surface area contributed by atoms with Crippen LogP contribution in [0.25, 0.3) is 17.2 Å². The Kier molecular flexibility index (Phi) is 6.64. The molecule has 0 aliphatic carbocycles. The first-order valence-electron chi connectivity index (χ1n) is 10.9. The molecule has 2 aromatic heterocycles. The number of nitrogens with one attached hydrogen (secondary N) is 3. The SMILES string of the molecule is CCc1c(C)nc(-n2nc(-c3ccccc3)cc2NC(=O)NCCc2ccccc2)[nH]c1=O. The monoisotopic (exact) mass is 442 g/mol. The van der Waals surface area contributed by atoms with E-state index in [0.29, 0.717) is 35.7 Å². The summed E-state index contributed by atoms with van der Waals surface area (Å²) in [4.78, 5) is 32.4. The van der Waals surface area contributed by atoms with Gasteiger partial charge in [0.1, 0.15) is 5.82 Å². The largest absolute Gasteiger partial charge is 0.337 e. The van der Waals surface area contributed by atoms with Crippen LogP contribution in [0, 0.1) is 6.92 Å². The van der Waals surface area contributed by atoms with Crippen molar-refractivity contribution in [2.75, 3.05) is 11.9 Å². The third kappa shape index (κ3) is 5.17. The van der Waals surface area contributed by atoms with Crippen molar-refractivity contribution in [3.63, 3.8) is 0 Å². The molecule has 0 aliphatic heterocycles. The van der Waals surface area contributed by atoms with Crippen LogP contribution in [0.4, 0.5) is 10.6 Å². The van der Waals surface area contributed by atoms with Crippen LogP contribution in [0.1, 0.15) is 23.7 Å². The van der Waals surface area contributed by atoms with Crippen molar-refractivity contribution in [3.05, 3.63) is 93.9 Å². The number of hydrogen-bond donors (Lipinski definition) is 3. The van der Waals surface area contributed by atoms with Gasteiger partial charge in [0.15, 0.2) is 0 Å². The number of amides is 2. The smallest absolute Gasteiger partial charge is 0.320 e. The number of hydrogen-bond acceptors (Lipinski definition) is 4. The van der Waals surface area contributed by atoms with Gasteiger partial charge in [-0.15, -0.1) is 0 Å². The predicted molar refractivity (Wildman–Crippen MR) is 129 cm³/mol. The molecule has 8 heteroatoms. The van der Waals surface area contributed by atoms with Gasteiger partial charge in [0.05, 0.1) is 5.69 Å². The maximum absolute atomic E-state index is 12.6. The number of carbonyl (C=O) groups excluding carboxylic acids is 1. The van der Waals surface area contributed by atoms with Crippen LogP contribution in [0.3, 0.4) is 0 Å². The van der Waals surface area contributed by atoms with Gasteiger partial charge in [-0.1, -0.05) is 67.6 Å². The summed E-state index contributed by atoms with van der Waals surface area (Å²) < 4.78 is 1.45. The minimum Gasteiger partial charge on any atom is -0.337 e. The molecule has 0 saturated carbocycles. The number of benzene rings is 2. The molecule has 0 radical (unpaired) electrons. The fourth-order valence-corrected chi connectivity index (χ4v) is 3.62. The van der Waals surface area contributed by atoms with E-state index in [9.17, 15) is 9.59 Å². The van der Waals surface area contributed by atoms with Crippen molar-refractivity contribution >= 4 is 11.8 Å². The van der Waals surface area contributed by atoms with Gasteiger partial charge >= 0.3 is 6.03 Å². The summed E-state index contributed by atoms with van der Waals surface area (Å²) in [7, 11) is 0. The van der Waals surface area contributed by atoms with Gasteiger partial charge in [0, 0.05) is 29.4 Å². The van der Waals surface area contributed by atoms with Crippen LogP contribution in [-0.2, 0) is 12.8 Å². The van der Waals surface area contributed by atoms with E-state index in [2.05, 4.69) is 25.7 Å². The van der Waals surface area contributed by atoms with Gasteiger partial charge < -0.3 is 5.32 Å². The second-order valence-electron chi connectivity index (χ2n) is 7.62. The second-order valence-corrected chi connectivity index (χ2v) is 7.62. The van der Waals surface area contributed by atoms with Gasteiger partial charge in [-0.3, -0.25) is 15.1 Å². The lowest BCUT2D eigenvalue weighted by Gasteiger charge is -2.10. The molecular formula is C25H26N6O2. The number of rotatable bonds is 7. The highest BCUT2D eigenvalue weighted by Crippen LogP contribution is 2.23. The van der Waals surface area contributed by atoms with Gasteiger partial charge in [-0.25, -0.2) is 9.78 Å². The minimum atomic E-state index is -0.365. The summed E-state index contributed by atoms with van der Waals surface area (Å²) in [6.07, 6.45) is 1.30. The Morgan fingerprint density at radius 2 is 1.76 bits per heavy atom. The van der Waals surface area contributed by atoms with Gasteiger partial charge in [-0.05, 0) is 25.3 Å². The highest BCUT2D eigenvalue weighted by molar-refractivity contribution is 5.89. The summed E-state index contributed by atoms with van der Waals surface area (Å²) in [5.41, 5.74) is 3.72. The van der Waals surface area contributed by atoms with Crippen molar-refractivity contribution in [3.8, 4) is 17.2 Å². The number of H-pyrrole nitrogens is 1. The van der Waals surface area contributed by atoms with E-state index < -0.39 is 0 Å². The molecule has 4 rings (SSSR count). The summed E-state index contributed by atoms with van der Waals surface area (Å²) in [6.45, 7) is 4.19. The van der Waals surface area contributed by atoms with Crippen LogP contribution in [0.2, 0.25) is 0 Å². The third-order valence-electron chi connectivity index (χ3n) is 5.33. The Hall–Kier alpha value is -4.20. The fourth-order valence-electron chi connectivity index (χ4n) is 3.62. The van der Waals surface area contributed by atoms with E-state index in [1.807, 2.05) is 67.6 Å². The van der Waals surface area contributed by atoms with Gasteiger partial charge in [0.25, 0.3) is 5.56 Å². The first-order valence-corrected chi connectivity index (χ1v) is 10.9. The Morgan fingerprint density at radius 3 is 2.42 bits per heavy atom. The average Bonchev–Trinajstić information content (AvgIpc) is 3.24. The van der Waals surface area contributed by atoms with Crippen molar-refractivity contribution in [2.24, 2.45) is 0 Å². The predicted octanol–water partition coefficient (Wildman–Crippen LogP) is 3.86. The maximum Gasteiger partial charge on any atom is 0.320 e. The van der Waals surface area contributed by atoms with Gasteiger partial charge in [0.2, 0.25) is 5.95 Å². The molecule has 168 valence electrons. The molecule has 33 heavy (non-hydrogen) atoms. The first kappa shape index (κ1) is 22.0. The molecule has 0 unspecified atom stereocenters. The van der Waals surface area contributed by atoms with E-state index >= 15 is 0 Å². The van der Waals surface area contributed by atoms with Crippen LogP contribution < -0.4 is 16.2 Å². The zero-order chi connectivity index (χ0) is 23.2. The molecule has 0 aliphatic rings. The van der Waals surface area contributed by atoms with Crippen molar-refractivity contribution < 1.29 is 4.79 Å². The topological polar surface area (TPSA) is 105 Å². The van der Waals surface area contributed by atoms with Crippen LogP contribution in [0.5, 0.6) is 0 Å². The maximum atomic E-state index is 12.6. The Bertz CT molecular complexity index is 1300. The molecule has 0 fully saturated rings. The van der Waals surface area contributed by atoms with Crippen molar-refractivity contribution in [1.29, 1.82) is 0 Å². The third-order valence-corrected chi connectivity index (χ3v) is 5.33. The molecule has 0 spiro atoms. The van der Waals surface area contributed by atoms with E-state index in [1.54, 1.807) is 13.0 Å². The normalized spacial score (nSPS) is 10.7. The van der Waals surface area contributed by atoms with Crippen molar-refractivity contribution in [2.45, 2.75) is 26.7 Å². The molecular weight excluding hydrogens is 416 g/mol. The molecule has 2 aromatic carbocycles. The lowest BCUT2D eigenvalue weighted by atomic mass is 10.1. The Morgan fingerprint density at radius 1 is 1.06 bits per heavy atom. The summed E-state index contributed by atoms with van der Waals surface area (Å²) in [5, 5.41) is 10.3. The zero-order valence-corrected chi connectivity index (χ0v) is 18.6. The number of aryl methyl sites for hydroxylation is 1. The first-order chi connectivity index (χ1) is 16.0. The van der Waals surface area contributed by atoms with Crippen LogP contribution in [0.15, 0.2) is 71.5 Å². The minimum absolute atomic E-state index is 0.213. The number of urea groups is 1. The van der Waals surface area contributed by atoms with E-state index in [1.165, 1.54) is 4.68 Å². The van der Waals surface area contributed by atoms with Crippen molar-refractivity contribution in [1.82, 2.24) is 25.1 Å². The van der Waals surface area contributed by atoms with Crippen LogP contribution in [-0.4, -0.2) is 32.3 Å². The number of aromatic amines is 1. The highest BCUT2D eigenvalue weighted by atomic mass is 16.2. The Labute approximate surface area is 191 Å². The standard InChI is InChI=1S/C25H26N6O2/c1-3-20-17(2)27-24(29-23(20)32)31-22(16-21(30-31)19-12-8-5-9-13-19)28-25(33)26-15-14-18-10-6-4-7-11-18/h4-13,16H,3,14-15H2,1-2H3,(H2,26,28,33)(H,27,29,32). The van der Waals surface area contributed by atoms with Gasteiger partial charge in [-0.2, -0.15) is 9.78 Å². The summed E-state index contributed by atoms with van der Waals surface area (Å²) >= 11 is 0. The van der Waals surface area contributed by atoms with E-state index in [-0.39, 0.29) is 17.5 Å². The average molecular weight is 443 g/mol. The molecule has 0 atom stereocenters. The molecule has 4 aromatic rings. The number of anilines is 1. The molecule has 8 nitrogen and oxygen atoms in total. The second kappa shape index (κ2) is 9.95. The lowest BCUT2D eigenvalue weighted by Crippen LogP contribution is -2.31. The zero-order valence-electron chi connectivity index (χ0n) is 18.6. The van der Waals surface area contributed by atoms with E-state index in [0.717, 1.165) is 17.5 Å². The summed E-state index contributed by atoms with van der Waals surface area (Å²) in [5.74, 6) is 0.648. The molecule has 2 heterocycles. The quantitative estimate of drug-likeness (QED) is 0.404. The number of nitrogens with zero attached hydrogens (tertiary/aromatic N) is 3. The number of carbonyl (C=O) groups is 1. The summed E-state index contributed by atoms with van der Waals surface area (Å²) in [6, 6.07) is 20.9. The van der Waals surface area contributed by atoms with Crippen LogP contribution >= 0.6 is 0 Å².